The van der Waals surface area contributed by atoms with Gasteiger partial charge in [0, 0.05) is 5.54 Å². The molecule has 112 valence electrons. The van der Waals surface area contributed by atoms with E-state index < -0.39 is 0 Å². The zero-order valence-corrected chi connectivity index (χ0v) is 13.3. The van der Waals surface area contributed by atoms with Gasteiger partial charge in [-0.1, -0.05) is 38.3 Å². The van der Waals surface area contributed by atoms with Gasteiger partial charge in [-0.25, -0.2) is 0 Å². The van der Waals surface area contributed by atoms with Gasteiger partial charge in [-0.15, -0.1) is 0 Å². The summed E-state index contributed by atoms with van der Waals surface area (Å²) >= 11 is 0. The van der Waals surface area contributed by atoms with E-state index in [1.54, 1.807) is 0 Å². The zero-order valence-electron chi connectivity index (χ0n) is 13.3. The quantitative estimate of drug-likeness (QED) is 0.441. The Balaban J connectivity index is 2.90. The van der Waals surface area contributed by atoms with Crippen molar-refractivity contribution < 1.29 is 0 Å². The Morgan fingerprint density at radius 2 is 1.84 bits per heavy atom. The fourth-order valence-corrected chi connectivity index (χ4v) is 3.46. The molecule has 0 radical (unpaired) electrons. The molecule has 1 atom stereocenters. The summed E-state index contributed by atoms with van der Waals surface area (Å²) in [5, 5.41) is 0. The Bertz CT molecular complexity index is 280. The predicted octanol–water partition coefficient (Wildman–Crippen LogP) is 3.22. The van der Waals surface area contributed by atoms with Crippen molar-refractivity contribution in [2.24, 2.45) is 5.84 Å². The third kappa shape index (κ3) is 4.30. The number of hydrogen-bond acceptors (Lipinski definition) is 3. The topological polar surface area (TPSA) is 41.3 Å². The van der Waals surface area contributed by atoms with Crippen molar-refractivity contribution in [3.8, 4) is 0 Å². The summed E-state index contributed by atoms with van der Waals surface area (Å²) in [6.45, 7) is 11.2. The minimum absolute atomic E-state index is 0.0588. The molecule has 0 saturated heterocycles. The van der Waals surface area contributed by atoms with Crippen LogP contribution in [0, 0.1) is 0 Å². The van der Waals surface area contributed by atoms with Crippen LogP contribution in [0.2, 0.25) is 0 Å². The van der Waals surface area contributed by atoms with E-state index in [0.717, 1.165) is 13.1 Å². The fourth-order valence-electron chi connectivity index (χ4n) is 3.46. The van der Waals surface area contributed by atoms with Crippen LogP contribution in [0.5, 0.6) is 0 Å². The lowest BCUT2D eigenvalue weighted by Crippen LogP contribution is -2.60. The molecule has 3 nitrogen and oxygen atoms in total. The molecular formula is C16H33N3. The molecule has 0 fully saturated rings. The van der Waals surface area contributed by atoms with Crippen LogP contribution in [-0.4, -0.2) is 29.6 Å². The van der Waals surface area contributed by atoms with Crippen LogP contribution in [0.3, 0.4) is 0 Å². The lowest BCUT2D eigenvalue weighted by Gasteiger charge is -2.44. The van der Waals surface area contributed by atoms with Crippen LogP contribution in [0.15, 0.2) is 11.6 Å². The van der Waals surface area contributed by atoms with E-state index in [2.05, 4.69) is 44.1 Å². The maximum absolute atomic E-state index is 5.91. The molecule has 19 heavy (non-hydrogen) atoms. The Labute approximate surface area is 119 Å². The lowest BCUT2D eigenvalue weighted by molar-refractivity contribution is 0.103. The summed E-state index contributed by atoms with van der Waals surface area (Å²) in [4.78, 5) is 2.50. The third-order valence-electron chi connectivity index (χ3n) is 4.65. The molecule has 1 aliphatic carbocycles. The molecule has 0 amide bonds. The van der Waals surface area contributed by atoms with Gasteiger partial charge >= 0.3 is 0 Å². The maximum atomic E-state index is 5.91. The van der Waals surface area contributed by atoms with Gasteiger partial charge in [0.2, 0.25) is 0 Å². The lowest BCUT2D eigenvalue weighted by atomic mass is 9.83. The van der Waals surface area contributed by atoms with Crippen molar-refractivity contribution in [3.05, 3.63) is 11.6 Å². The molecule has 0 aromatic carbocycles. The van der Waals surface area contributed by atoms with Crippen molar-refractivity contribution in [3.63, 3.8) is 0 Å². The molecule has 1 unspecified atom stereocenters. The standard InChI is InChI=1S/C16H33N3/c1-5-19(6-2)16(3,4)15(18-17)14-12-10-8-7-9-11-13-14/h12,15,18H,5-11,13,17H2,1-4H3. The number of hydrogen-bond donors (Lipinski definition) is 2. The summed E-state index contributed by atoms with van der Waals surface area (Å²) < 4.78 is 0. The first-order chi connectivity index (χ1) is 9.07. The van der Waals surface area contributed by atoms with Crippen molar-refractivity contribution in [2.45, 2.75) is 77.8 Å². The number of hydrazine groups is 1. The van der Waals surface area contributed by atoms with E-state index in [9.17, 15) is 0 Å². The minimum atomic E-state index is 0.0588. The highest BCUT2D eigenvalue weighted by Crippen LogP contribution is 2.28. The van der Waals surface area contributed by atoms with Crippen molar-refractivity contribution in [1.29, 1.82) is 0 Å². The van der Waals surface area contributed by atoms with Gasteiger partial charge in [0.1, 0.15) is 0 Å². The molecule has 0 heterocycles. The second-order valence-corrected chi connectivity index (χ2v) is 6.16. The Morgan fingerprint density at radius 3 is 2.42 bits per heavy atom. The number of allylic oxidation sites excluding steroid dienone is 1. The molecule has 0 aliphatic heterocycles. The largest absolute Gasteiger partial charge is 0.297 e. The normalized spacial score (nSPS) is 19.8. The van der Waals surface area contributed by atoms with Crippen LogP contribution >= 0.6 is 0 Å². The van der Waals surface area contributed by atoms with Crippen molar-refractivity contribution in [2.75, 3.05) is 13.1 Å². The van der Waals surface area contributed by atoms with Crippen LogP contribution in [0.25, 0.3) is 0 Å². The maximum Gasteiger partial charge on any atom is 0.0598 e. The molecule has 1 rings (SSSR count). The highest BCUT2D eigenvalue weighted by Gasteiger charge is 2.35. The zero-order chi connectivity index (χ0) is 14.3. The molecule has 1 aliphatic rings. The van der Waals surface area contributed by atoms with Gasteiger partial charge in [-0.05, 0) is 52.6 Å². The number of nitrogens with one attached hydrogen (secondary N) is 1. The van der Waals surface area contributed by atoms with E-state index in [0.29, 0.717) is 0 Å². The summed E-state index contributed by atoms with van der Waals surface area (Å²) in [5.41, 5.74) is 4.67. The van der Waals surface area contributed by atoms with Crippen LogP contribution in [0.4, 0.5) is 0 Å². The average Bonchev–Trinajstić information content (AvgIpc) is 2.33. The summed E-state index contributed by atoms with van der Waals surface area (Å²) in [5.74, 6) is 5.91. The van der Waals surface area contributed by atoms with Crippen LogP contribution < -0.4 is 11.3 Å². The molecule has 0 saturated carbocycles. The first kappa shape index (κ1) is 16.7. The molecule has 0 spiro atoms. The van der Waals surface area contributed by atoms with Gasteiger partial charge < -0.3 is 0 Å². The molecule has 0 bridgehead atoms. The van der Waals surface area contributed by atoms with Gasteiger partial charge in [0.25, 0.3) is 0 Å². The molecule has 3 N–H and O–H groups in total. The number of rotatable bonds is 6. The average molecular weight is 267 g/mol. The summed E-state index contributed by atoms with van der Waals surface area (Å²) in [6, 6.07) is 0.255. The highest BCUT2D eigenvalue weighted by molar-refractivity contribution is 5.18. The highest BCUT2D eigenvalue weighted by atomic mass is 15.3. The second kappa shape index (κ2) is 8.03. The molecular weight excluding hydrogens is 234 g/mol. The fraction of sp³-hybridized carbons (Fsp3) is 0.875. The van der Waals surface area contributed by atoms with E-state index >= 15 is 0 Å². The van der Waals surface area contributed by atoms with Crippen LogP contribution in [0.1, 0.15) is 66.2 Å². The molecule has 0 aromatic heterocycles. The minimum Gasteiger partial charge on any atom is -0.297 e. The number of nitrogens with two attached hydrogens (primary N) is 1. The molecule has 0 aromatic rings. The van der Waals surface area contributed by atoms with Gasteiger partial charge in [0.05, 0.1) is 6.04 Å². The first-order valence-electron chi connectivity index (χ1n) is 7.98. The third-order valence-corrected chi connectivity index (χ3v) is 4.65. The summed E-state index contributed by atoms with van der Waals surface area (Å²) in [7, 11) is 0. The predicted molar refractivity (Wildman–Crippen MR) is 83.9 cm³/mol. The van der Waals surface area contributed by atoms with Gasteiger partial charge in [-0.2, -0.15) is 0 Å². The van der Waals surface area contributed by atoms with Gasteiger partial charge in [0.15, 0.2) is 0 Å². The van der Waals surface area contributed by atoms with Crippen molar-refractivity contribution >= 4 is 0 Å². The summed E-state index contributed by atoms with van der Waals surface area (Å²) in [6.07, 6.45) is 10.2. The van der Waals surface area contributed by atoms with E-state index in [1.807, 2.05) is 0 Å². The van der Waals surface area contributed by atoms with E-state index in [1.165, 1.54) is 44.1 Å². The second-order valence-electron chi connectivity index (χ2n) is 6.16. The number of nitrogens with zero attached hydrogens (tertiary/aromatic N) is 1. The van der Waals surface area contributed by atoms with Gasteiger partial charge in [-0.3, -0.25) is 16.2 Å². The van der Waals surface area contributed by atoms with Crippen molar-refractivity contribution in [1.82, 2.24) is 10.3 Å². The molecule has 3 heteroatoms. The Morgan fingerprint density at radius 1 is 1.21 bits per heavy atom. The monoisotopic (exact) mass is 267 g/mol. The Kier molecular flexibility index (Phi) is 7.05. The SMILES string of the molecule is CCN(CC)C(C)(C)C(NN)C1=CCCCCCC1. The smallest absolute Gasteiger partial charge is 0.0598 e. The van der Waals surface area contributed by atoms with E-state index in [4.69, 9.17) is 5.84 Å². The number of likely N-dealkylation sites (N-methyl/N-ethyl adjacent to an activating group) is 1. The Hall–Kier alpha value is -0.380. The van der Waals surface area contributed by atoms with E-state index in [-0.39, 0.29) is 11.6 Å². The van der Waals surface area contributed by atoms with Crippen LogP contribution in [-0.2, 0) is 0 Å². The first-order valence-corrected chi connectivity index (χ1v) is 7.98.